The monoisotopic (exact) mass is 312 g/mol. The van der Waals surface area contributed by atoms with Gasteiger partial charge < -0.3 is 15.4 Å². The average Bonchev–Trinajstić information content (AvgIpc) is 2.61. The van der Waals surface area contributed by atoms with Crippen molar-refractivity contribution in [1.82, 2.24) is 4.90 Å². The molecule has 98 valence electrons. The summed E-state index contributed by atoms with van der Waals surface area (Å²) in [6.07, 6.45) is 0.335. The minimum atomic E-state index is -0.387. The van der Waals surface area contributed by atoms with Gasteiger partial charge in [0.15, 0.2) is 6.10 Å². The van der Waals surface area contributed by atoms with Crippen LogP contribution in [0.2, 0.25) is 0 Å². The number of carbonyl (C=O) groups is 1. The molecule has 0 radical (unpaired) electrons. The highest BCUT2D eigenvalue weighted by molar-refractivity contribution is 9.10. The molecule has 1 aliphatic rings. The van der Waals surface area contributed by atoms with Crippen molar-refractivity contribution in [3.63, 3.8) is 0 Å². The van der Waals surface area contributed by atoms with Gasteiger partial charge in [0, 0.05) is 36.1 Å². The van der Waals surface area contributed by atoms with Crippen LogP contribution in [-0.4, -0.2) is 30.5 Å². The summed E-state index contributed by atoms with van der Waals surface area (Å²) in [5, 5.41) is 0. The Morgan fingerprint density at radius 2 is 2.28 bits per heavy atom. The quantitative estimate of drug-likeness (QED) is 0.929. The summed E-state index contributed by atoms with van der Waals surface area (Å²) >= 11 is 3.41. The molecule has 0 bridgehead atoms. The van der Waals surface area contributed by atoms with Crippen LogP contribution in [0.1, 0.15) is 24.9 Å². The van der Waals surface area contributed by atoms with Gasteiger partial charge in [-0.05, 0) is 19.1 Å². The number of nitrogens with zero attached hydrogens (tertiary/aromatic N) is 1. The number of hydrogen-bond acceptors (Lipinski definition) is 3. The van der Waals surface area contributed by atoms with Gasteiger partial charge in [-0.3, -0.25) is 4.79 Å². The molecule has 18 heavy (non-hydrogen) atoms. The first-order valence-electron chi connectivity index (χ1n) is 5.95. The van der Waals surface area contributed by atoms with Crippen LogP contribution in [0.15, 0.2) is 22.7 Å². The lowest BCUT2D eigenvalue weighted by molar-refractivity contribution is -0.132. The molecular formula is C13H17BrN2O2. The van der Waals surface area contributed by atoms with Gasteiger partial charge in [0.25, 0.3) is 5.91 Å². The van der Waals surface area contributed by atoms with Crippen molar-refractivity contribution in [3.8, 4) is 5.75 Å². The van der Waals surface area contributed by atoms with Crippen molar-refractivity contribution >= 4 is 21.8 Å². The van der Waals surface area contributed by atoms with E-state index in [-0.39, 0.29) is 18.1 Å². The van der Waals surface area contributed by atoms with E-state index in [1.165, 1.54) is 0 Å². The molecule has 4 nitrogen and oxygen atoms in total. The summed E-state index contributed by atoms with van der Waals surface area (Å²) in [6, 6.07) is 5.59. The largest absolute Gasteiger partial charge is 0.480 e. The molecule has 1 amide bonds. The molecule has 1 aromatic carbocycles. The predicted octanol–water partition coefficient (Wildman–Crippen LogP) is 2.08. The Hall–Kier alpha value is -1.07. The molecule has 1 saturated heterocycles. The van der Waals surface area contributed by atoms with Gasteiger partial charge in [-0.1, -0.05) is 22.0 Å². The molecule has 0 aliphatic carbocycles. The zero-order valence-corrected chi connectivity index (χ0v) is 12.1. The van der Waals surface area contributed by atoms with Crippen molar-refractivity contribution < 1.29 is 9.53 Å². The third-order valence-corrected chi connectivity index (χ3v) is 3.61. The van der Waals surface area contributed by atoms with Crippen molar-refractivity contribution in [1.29, 1.82) is 0 Å². The van der Waals surface area contributed by atoms with Gasteiger partial charge in [0.1, 0.15) is 5.75 Å². The second-order valence-corrected chi connectivity index (χ2v) is 5.54. The Balaban J connectivity index is 2.23. The van der Waals surface area contributed by atoms with Crippen LogP contribution < -0.4 is 10.5 Å². The van der Waals surface area contributed by atoms with E-state index < -0.39 is 0 Å². The summed E-state index contributed by atoms with van der Waals surface area (Å²) in [4.78, 5) is 13.5. The Kier molecular flexibility index (Phi) is 3.92. The molecule has 1 aliphatic heterocycles. The molecule has 1 aromatic rings. The third-order valence-electron chi connectivity index (χ3n) is 3.11. The molecule has 0 saturated carbocycles. The zero-order valence-electron chi connectivity index (χ0n) is 10.5. The minimum absolute atomic E-state index is 0.0330. The van der Waals surface area contributed by atoms with E-state index in [2.05, 4.69) is 15.9 Å². The number of hydrogen-bond donors (Lipinski definition) is 1. The fourth-order valence-corrected chi connectivity index (χ4v) is 2.38. The second-order valence-electron chi connectivity index (χ2n) is 4.63. The maximum atomic E-state index is 11.8. The Labute approximate surface area is 115 Å². The molecule has 2 atom stereocenters. The van der Waals surface area contributed by atoms with E-state index in [0.29, 0.717) is 5.75 Å². The smallest absolute Gasteiger partial charge is 0.263 e. The lowest BCUT2D eigenvalue weighted by Gasteiger charge is -2.18. The minimum Gasteiger partial charge on any atom is -0.480 e. The first-order chi connectivity index (χ1) is 8.49. The second kappa shape index (κ2) is 5.28. The van der Waals surface area contributed by atoms with Crippen LogP contribution >= 0.6 is 15.9 Å². The van der Waals surface area contributed by atoms with Crippen molar-refractivity contribution in [3.05, 3.63) is 28.2 Å². The maximum Gasteiger partial charge on any atom is 0.263 e. The highest BCUT2D eigenvalue weighted by atomic mass is 79.9. The first-order valence-corrected chi connectivity index (χ1v) is 6.75. The highest BCUT2D eigenvalue weighted by Gasteiger charge is 2.31. The molecule has 0 spiro atoms. The average molecular weight is 313 g/mol. The van der Waals surface area contributed by atoms with Gasteiger partial charge in [0.05, 0.1) is 0 Å². The van der Waals surface area contributed by atoms with Gasteiger partial charge in [-0.2, -0.15) is 0 Å². The fraction of sp³-hybridized carbons (Fsp3) is 0.462. The number of rotatable bonds is 3. The molecule has 5 heteroatoms. The van der Waals surface area contributed by atoms with E-state index in [1.54, 1.807) is 11.9 Å². The first kappa shape index (κ1) is 13.4. The summed E-state index contributed by atoms with van der Waals surface area (Å²) in [5.74, 6) is 0.721. The topological polar surface area (TPSA) is 55.6 Å². The van der Waals surface area contributed by atoms with Gasteiger partial charge in [0.2, 0.25) is 0 Å². The lowest BCUT2D eigenvalue weighted by atomic mass is 10.1. The zero-order chi connectivity index (χ0) is 13.3. The number of likely N-dealkylation sites (N-methyl/N-ethyl adjacent to an activating group) is 1. The molecule has 1 unspecified atom stereocenters. The SMILES string of the molecule is C[C@H](N)c1ccc(Br)cc1OC1CCN(C)C1=O. The molecule has 1 heterocycles. The molecule has 0 aromatic heterocycles. The third kappa shape index (κ3) is 2.67. The number of ether oxygens (including phenoxy) is 1. The van der Waals surface area contributed by atoms with Crippen LogP contribution in [0.5, 0.6) is 5.75 Å². The fourth-order valence-electron chi connectivity index (χ4n) is 2.04. The van der Waals surface area contributed by atoms with Crippen LogP contribution in [0.4, 0.5) is 0 Å². The van der Waals surface area contributed by atoms with E-state index in [1.807, 2.05) is 25.1 Å². The van der Waals surface area contributed by atoms with Crippen molar-refractivity contribution in [2.45, 2.75) is 25.5 Å². The van der Waals surface area contributed by atoms with Crippen LogP contribution in [0, 0.1) is 0 Å². The standard InChI is InChI=1S/C13H17BrN2O2/c1-8(15)10-4-3-9(14)7-12(10)18-11-5-6-16(2)13(11)17/h3-4,7-8,11H,5-6,15H2,1-2H3/t8-,11?/m0/s1. The molecule has 1 fully saturated rings. The summed E-state index contributed by atoms with van der Waals surface area (Å²) in [6.45, 7) is 2.64. The van der Waals surface area contributed by atoms with Gasteiger partial charge >= 0.3 is 0 Å². The summed E-state index contributed by atoms with van der Waals surface area (Å²) in [7, 11) is 1.79. The molecule has 2 rings (SSSR count). The number of carbonyl (C=O) groups excluding carboxylic acids is 1. The lowest BCUT2D eigenvalue weighted by Crippen LogP contribution is -2.29. The van der Waals surface area contributed by atoms with E-state index in [4.69, 9.17) is 10.5 Å². The van der Waals surface area contributed by atoms with E-state index >= 15 is 0 Å². The Morgan fingerprint density at radius 1 is 1.56 bits per heavy atom. The number of likely N-dealkylation sites (tertiary alicyclic amines) is 1. The summed E-state index contributed by atoms with van der Waals surface area (Å²) in [5.41, 5.74) is 6.83. The van der Waals surface area contributed by atoms with E-state index in [0.717, 1.165) is 23.0 Å². The van der Waals surface area contributed by atoms with Crippen LogP contribution in [0.25, 0.3) is 0 Å². The number of benzene rings is 1. The van der Waals surface area contributed by atoms with Crippen LogP contribution in [-0.2, 0) is 4.79 Å². The predicted molar refractivity (Wildman–Crippen MR) is 73.4 cm³/mol. The Bertz CT molecular complexity index is 462. The summed E-state index contributed by atoms with van der Waals surface area (Å²) < 4.78 is 6.75. The van der Waals surface area contributed by atoms with Crippen molar-refractivity contribution in [2.75, 3.05) is 13.6 Å². The van der Waals surface area contributed by atoms with Crippen molar-refractivity contribution in [2.24, 2.45) is 5.73 Å². The molecular weight excluding hydrogens is 296 g/mol. The van der Waals surface area contributed by atoms with Crippen LogP contribution in [0.3, 0.4) is 0 Å². The normalized spacial score (nSPS) is 21.2. The Morgan fingerprint density at radius 3 is 2.83 bits per heavy atom. The highest BCUT2D eigenvalue weighted by Crippen LogP contribution is 2.30. The number of nitrogens with two attached hydrogens (primary N) is 1. The van der Waals surface area contributed by atoms with Gasteiger partial charge in [-0.15, -0.1) is 0 Å². The number of halogens is 1. The van der Waals surface area contributed by atoms with E-state index in [9.17, 15) is 4.79 Å². The maximum absolute atomic E-state index is 11.8. The molecule has 2 N–H and O–H groups in total. The number of amides is 1. The van der Waals surface area contributed by atoms with Gasteiger partial charge in [-0.25, -0.2) is 0 Å².